The molecule has 0 spiro atoms. The summed E-state index contributed by atoms with van der Waals surface area (Å²) >= 11 is 0. The highest BCUT2D eigenvalue weighted by molar-refractivity contribution is 6.14. The highest BCUT2D eigenvalue weighted by Crippen LogP contribution is 2.42. The largest absolute Gasteiger partial charge is 0.309 e. The van der Waals surface area contributed by atoms with Crippen molar-refractivity contribution in [3.05, 3.63) is 283 Å². The van der Waals surface area contributed by atoms with Crippen LogP contribution in [0.3, 0.4) is 0 Å². The van der Waals surface area contributed by atoms with E-state index in [1.54, 1.807) is 0 Å². The van der Waals surface area contributed by atoms with E-state index in [0.29, 0.717) is 22.8 Å². The molecule has 0 saturated carbocycles. The second-order valence-electron chi connectivity index (χ2n) is 20.3. The lowest BCUT2D eigenvalue weighted by Crippen LogP contribution is -1.96. The van der Waals surface area contributed by atoms with Gasteiger partial charge in [0.15, 0.2) is 17.2 Å². The van der Waals surface area contributed by atoms with Gasteiger partial charge in [0, 0.05) is 55.3 Å². The Morgan fingerprint density at radius 2 is 0.728 bits per heavy atom. The van der Waals surface area contributed by atoms with Crippen LogP contribution in [0.5, 0.6) is 0 Å². The molecule has 8 nitrogen and oxygen atoms in total. The summed E-state index contributed by atoms with van der Waals surface area (Å²) in [6, 6.07) is 89.9. The van der Waals surface area contributed by atoms with Crippen molar-refractivity contribution in [2.45, 2.75) is 0 Å². The fourth-order valence-corrected chi connectivity index (χ4v) is 11.9. The molecule has 0 saturated heterocycles. The fraction of sp³-hybridized carbons (Fsp3) is 0. The molecule has 15 aromatic rings. The lowest BCUT2D eigenvalue weighted by atomic mass is 9.94. The Bertz CT molecular complexity index is 4930. The summed E-state index contributed by atoms with van der Waals surface area (Å²) in [6.45, 7) is 15.6. The third kappa shape index (κ3) is 7.73. The van der Waals surface area contributed by atoms with Gasteiger partial charge in [0.25, 0.3) is 0 Å². The number of fused-ring (bicyclic) bond motifs is 9. The Morgan fingerprint density at radius 3 is 1.26 bits per heavy atom. The summed E-state index contributed by atoms with van der Waals surface area (Å²) in [5.41, 5.74) is 19.5. The highest BCUT2D eigenvalue weighted by Gasteiger charge is 2.21. The van der Waals surface area contributed by atoms with Crippen molar-refractivity contribution >= 4 is 76.8 Å². The van der Waals surface area contributed by atoms with Gasteiger partial charge in [0.05, 0.1) is 69.3 Å². The van der Waals surface area contributed by atoms with Crippen LogP contribution in [0.25, 0.3) is 148 Å². The first-order valence-corrected chi connectivity index (χ1v) is 26.7. The zero-order chi connectivity index (χ0) is 54.1. The number of nitriles is 1. The zero-order valence-electron chi connectivity index (χ0n) is 43.3. The molecule has 0 atom stereocenters. The van der Waals surface area contributed by atoms with Gasteiger partial charge in [-0.2, -0.15) is 5.26 Å². The van der Waals surface area contributed by atoms with Gasteiger partial charge in [-0.25, -0.2) is 19.7 Å². The van der Waals surface area contributed by atoms with Crippen LogP contribution in [0.15, 0.2) is 255 Å². The van der Waals surface area contributed by atoms with E-state index >= 15 is 0 Å². The van der Waals surface area contributed by atoms with Gasteiger partial charge in [-0.05, 0) is 130 Å². The van der Waals surface area contributed by atoms with Crippen molar-refractivity contribution in [1.82, 2.24) is 23.7 Å². The number of rotatable bonds is 8. The number of benzene rings is 11. The van der Waals surface area contributed by atoms with Crippen LogP contribution in [0.1, 0.15) is 5.56 Å². The van der Waals surface area contributed by atoms with Gasteiger partial charge in [-0.1, -0.05) is 158 Å². The van der Waals surface area contributed by atoms with Gasteiger partial charge in [0.2, 0.25) is 0 Å². The third-order valence-corrected chi connectivity index (χ3v) is 15.7. The number of hydrogen-bond donors (Lipinski definition) is 0. The lowest BCUT2D eigenvalue weighted by molar-refractivity contribution is 1.16. The number of para-hydroxylation sites is 2. The molecule has 0 radical (unpaired) electrons. The minimum absolute atomic E-state index is 0.586. The standard InChI is InChI=1S/C73H42N8/c1-75-53-28-35-69-61(40-53)59-17-9-11-19-67(59)80(69)56-32-37-71-63(42-56)64-43-57(81-68-20-12-10-18-60(68)62-41-54(76-2)29-36-70(62)81)33-38-72(64)79(71)55-30-25-46(26-31-55)51-27-34-58(52(39-51)45-74)47-21-23-49(24-22-47)66-44-65(48-13-5-3-6-14-48)77-73(78-66)50-15-7-4-8-16-50/h3-44H. The van der Waals surface area contributed by atoms with Crippen LogP contribution in [0.2, 0.25) is 0 Å². The summed E-state index contributed by atoms with van der Waals surface area (Å²) in [4.78, 5) is 17.5. The molecule has 0 fully saturated rings. The van der Waals surface area contributed by atoms with E-state index in [2.05, 4.69) is 193 Å². The molecule has 15 rings (SSSR count). The Labute approximate surface area is 465 Å². The lowest BCUT2D eigenvalue weighted by Gasteiger charge is -2.12. The van der Waals surface area contributed by atoms with E-state index in [1.807, 2.05) is 91.0 Å². The Kier molecular flexibility index (Phi) is 10.8. The molecule has 0 amide bonds. The third-order valence-electron chi connectivity index (χ3n) is 15.7. The molecule has 374 valence electrons. The Balaban J connectivity index is 0.818. The van der Waals surface area contributed by atoms with Crippen LogP contribution < -0.4 is 0 Å². The van der Waals surface area contributed by atoms with E-state index in [0.717, 1.165) is 133 Å². The van der Waals surface area contributed by atoms with Crippen LogP contribution in [0.4, 0.5) is 11.4 Å². The summed E-state index contributed by atoms with van der Waals surface area (Å²) in [5.74, 6) is 0.661. The van der Waals surface area contributed by atoms with Crippen molar-refractivity contribution in [3.63, 3.8) is 0 Å². The summed E-state index contributed by atoms with van der Waals surface area (Å²) in [7, 11) is 0. The van der Waals surface area contributed by atoms with Crippen molar-refractivity contribution in [3.8, 4) is 79.3 Å². The van der Waals surface area contributed by atoms with Gasteiger partial charge in [0.1, 0.15) is 0 Å². The highest BCUT2D eigenvalue weighted by atomic mass is 15.0. The van der Waals surface area contributed by atoms with Crippen molar-refractivity contribution in [1.29, 1.82) is 5.26 Å². The molecule has 4 aromatic heterocycles. The summed E-state index contributed by atoms with van der Waals surface area (Å²) in [5, 5.41) is 17.1. The second kappa shape index (κ2) is 18.8. The second-order valence-corrected chi connectivity index (χ2v) is 20.3. The smallest absolute Gasteiger partial charge is 0.188 e. The van der Waals surface area contributed by atoms with E-state index in [4.69, 9.17) is 23.1 Å². The normalized spacial score (nSPS) is 11.4. The summed E-state index contributed by atoms with van der Waals surface area (Å²) < 4.78 is 6.95. The fourth-order valence-electron chi connectivity index (χ4n) is 11.9. The van der Waals surface area contributed by atoms with Crippen molar-refractivity contribution in [2.24, 2.45) is 0 Å². The molecule has 0 aliphatic carbocycles. The quantitative estimate of drug-likeness (QED) is 0.142. The van der Waals surface area contributed by atoms with E-state index < -0.39 is 0 Å². The molecule has 0 aliphatic heterocycles. The average Bonchev–Trinajstić information content (AvgIpc) is 4.39. The van der Waals surface area contributed by atoms with Crippen molar-refractivity contribution < 1.29 is 0 Å². The zero-order valence-corrected chi connectivity index (χ0v) is 43.3. The van der Waals surface area contributed by atoms with Gasteiger partial charge < -0.3 is 13.7 Å². The van der Waals surface area contributed by atoms with E-state index in [1.165, 1.54) is 0 Å². The molecular formula is C73H42N8. The predicted octanol–water partition coefficient (Wildman–Crippen LogP) is 19.1. The molecule has 0 N–H and O–H groups in total. The maximum absolute atomic E-state index is 10.6. The molecule has 0 unspecified atom stereocenters. The summed E-state index contributed by atoms with van der Waals surface area (Å²) in [6.07, 6.45) is 0. The van der Waals surface area contributed by atoms with Gasteiger partial charge >= 0.3 is 0 Å². The number of aromatic nitrogens is 5. The predicted molar refractivity (Wildman–Crippen MR) is 329 cm³/mol. The molecule has 0 aliphatic rings. The molecule has 8 heteroatoms. The van der Waals surface area contributed by atoms with Gasteiger partial charge in [-0.15, -0.1) is 0 Å². The molecule has 0 bridgehead atoms. The Hall–Kier alpha value is -11.6. The monoisotopic (exact) mass is 1030 g/mol. The molecule has 81 heavy (non-hydrogen) atoms. The minimum Gasteiger partial charge on any atom is -0.309 e. The average molecular weight is 1030 g/mol. The van der Waals surface area contributed by atoms with Crippen LogP contribution in [-0.2, 0) is 0 Å². The SMILES string of the molecule is [C-]#[N+]c1ccc2c(c1)c1ccccc1n2-c1ccc2c(c1)c1cc(-n3c4ccccc4c4cc([N+]#[C-])ccc43)ccc1n2-c1ccc(-c2ccc(-c3ccc(-c4cc(-c5ccccc5)nc(-c5ccccc5)n4)cc3)c(C#N)c2)cc1. The first-order valence-electron chi connectivity index (χ1n) is 26.7. The molecular weight excluding hydrogens is 989 g/mol. The first kappa shape index (κ1) is 46.7. The maximum Gasteiger partial charge on any atom is 0.188 e. The van der Waals surface area contributed by atoms with Gasteiger partial charge in [-0.3, -0.25) is 0 Å². The van der Waals surface area contributed by atoms with Crippen LogP contribution in [-0.4, -0.2) is 23.7 Å². The van der Waals surface area contributed by atoms with E-state index in [-0.39, 0.29) is 0 Å². The van der Waals surface area contributed by atoms with E-state index in [9.17, 15) is 5.26 Å². The van der Waals surface area contributed by atoms with Crippen molar-refractivity contribution in [2.75, 3.05) is 0 Å². The minimum atomic E-state index is 0.586. The first-order chi connectivity index (χ1) is 40.0. The topological polar surface area (TPSA) is 73.1 Å². The number of nitrogens with zero attached hydrogens (tertiary/aromatic N) is 8. The van der Waals surface area contributed by atoms with Crippen LogP contribution in [0, 0.1) is 24.5 Å². The van der Waals surface area contributed by atoms with Crippen LogP contribution >= 0.6 is 0 Å². The molecule has 11 aromatic carbocycles. The molecule has 4 heterocycles. The Morgan fingerprint density at radius 1 is 0.321 bits per heavy atom. The number of hydrogen-bond acceptors (Lipinski definition) is 3. The maximum atomic E-state index is 10.6.